The molecular formula is C20H28BN7OS. The molecule has 0 saturated carbocycles. The van der Waals surface area contributed by atoms with Crippen molar-refractivity contribution < 1.29 is 0 Å². The quantitative estimate of drug-likeness (QED) is 0.436. The Morgan fingerprint density at radius 2 is 1.90 bits per heavy atom. The van der Waals surface area contributed by atoms with Gasteiger partial charge in [-0.3, -0.25) is 14.5 Å². The normalized spacial score (nSPS) is 11.8. The molecule has 10 heteroatoms. The molecule has 0 spiro atoms. The first-order valence-corrected chi connectivity index (χ1v) is 9.78. The molecule has 30 heavy (non-hydrogen) atoms. The topological polar surface area (TPSA) is 104 Å². The lowest BCUT2D eigenvalue weighted by molar-refractivity contribution is 0.643. The van der Waals surface area contributed by atoms with E-state index in [4.69, 9.17) is 7.85 Å². The van der Waals surface area contributed by atoms with Gasteiger partial charge in [0.25, 0.3) is 5.56 Å². The van der Waals surface area contributed by atoms with Gasteiger partial charge in [0.05, 0.1) is 36.3 Å². The van der Waals surface area contributed by atoms with Gasteiger partial charge in [0, 0.05) is 18.9 Å². The van der Waals surface area contributed by atoms with Crippen LogP contribution in [-0.4, -0.2) is 43.5 Å². The first-order chi connectivity index (χ1) is 13.8. The van der Waals surface area contributed by atoms with E-state index in [9.17, 15) is 4.79 Å². The van der Waals surface area contributed by atoms with Gasteiger partial charge in [0.15, 0.2) is 0 Å². The van der Waals surface area contributed by atoms with Crippen LogP contribution in [0.3, 0.4) is 0 Å². The summed E-state index contributed by atoms with van der Waals surface area (Å²) in [5.74, 6) is 0.270. The Hall–Kier alpha value is -2.75. The summed E-state index contributed by atoms with van der Waals surface area (Å²) in [5, 5.41) is 7.76. The number of nitrogens with zero attached hydrogens (tertiary/aromatic N) is 4. The van der Waals surface area contributed by atoms with Crippen molar-refractivity contribution in [2.24, 2.45) is 13.0 Å². The number of anilines is 1. The zero-order valence-corrected chi connectivity index (χ0v) is 19.2. The van der Waals surface area contributed by atoms with Gasteiger partial charge in [-0.05, 0) is 24.8 Å². The second kappa shape index (κ2) is 9.38. The summed E-state index contributed by atoms with van der Waals surface area (Å²) in [6.45, 7) is 9.92. The number of imidazole rings is 1. The molecule has 0 aromatic carbocycles. The van der Waals surface area contributed by atoms with Crippen molar-refractivity contribution >= 4 is 49.1 Å². The number of aryl methyl sites for hydroxylation is 2. The fraction of sp³-hybridized carbons (Fsp3) is 0.400. The molecule has 0 aliphatic heterocycles. The Morgan fingerprint density at radius 1 is 1.20 bits per heavy atom. The molecule has 0 saturated heterocycles. The van der Waals surface area contributed by atoms with Gasteiger partial charge in [-0.1, -0.05) is 27.7 Å². The van der Waals surface area contributed by atoms with E-state index in [0.717, 1.165) is 16.7 Å². The molecule has 4 rings (SSSR count). The van der Waals surface area contributed by atoms with Crippen LogP contribution in [0.2, 0.25) is 0 Å². The van der Waals surface area contributed by atoms with Crippen molar-refractivity contribution in [1.82, 2.24) is 29.7 Å². The Labute approximate surface area is 183 Å². The smallest absolute Gasteiger partial charge is 0.261 e. The van der Waals surface area contributed by atoms with Crippen LogP contribution in [0.4, 0.5) is 5.69 Å². The second-order valence-electron chi connectivity index (χ2n) is 7.11. The van der Waals surface area contributed by atoms with Crippen LogP contribution in [0.15, 0.2) is 23.3 Å². The molecule has 2 radical (unpaired) electrons. The molecule has 0 amide bonds. The predicted molar refractivity (Wildman–Crippen MR) is 129 cm³/mol. The minimum atomic E-state index is -0.343. The molecule has 1 unspecified atom stereocenters. The summed E-state index contributed by atoms with van der Waals surface area (Å²) >= 11 is 0. The van der Waals surface area contributed by atoms with Gasteiger partial charge < -0.3 is 15.3 Å². The highest BCUT2D eigenvalue weighted by atomic mass is 32.1. The lowest BCUT2D eigenvalue weighted by Crippen LogP contribution is -2.27. The van der Waals surface area contributed by atoms with E-state index >= 15 is 0 Å². The Kier molecular flexibility index (Phi) is 7.36. The van der Waals surface area contributed by atoms with E-state index < -0.39 is 0 Å². The average molecular weight is 425 g/mol. The third-order valence-electron chi connectivity index (χ3n) is 4.56. The van der Waals surface area contributed by atoms with E-state index in [0.29, 0.717) is 28.1 Å². The summed E-state index contributed by atoms with van der Waals surface area (Å²) < 4.78 is 1.66. The van der Waals surface area contributed by atoms with E-state index in [1.807, 2.05) is 40.7 Å². The van der Waals surface area contributed by atoms with Crippen molar-refractivity contribution in [2.45, 2.75) is 40.6 Å². The summed E-state index contributed by atoms with van der Waals surface area (Å²) in [5.41, 5.74) is 4.32. The summed E-state index contributed by atoms with van der Waals surface area (Å²) in [7, 11) is 8.05. The first-order valence-electron chi connectivity index (χ1n) is 9.78. The third kappa shape index (κ3) is 4.38. The van der Waals surface area contributed by atoms with Crippen molar-refractivity contribution in [3.05, 3.63) is 34.5 Å². The fourth-order valence-electron chi connectivity index (χ4n) is 3.01. The number of nitrogens with one attached hydrogen (secondary N) is 3. The number of pyridine rings is 2. The van der Waals surface area contributed by atoms with Crippen LogP contribution < -0.4 is 10.9 Å². The Morgan fingerprint density at radius 3 is 2.57 bits per heavy atom. The van der Waals surface area contributed by atoms with Crippen molar-refractivity contribution in [3.8, 4) is 11.4 Å². The highest BCUT2D eigenvalue weighted by molar-refractivity contribution is 7.59. The van der Waals surface area contributed by atoms with Crippen molar-refractivity contribution in [3.63, 3.8) is 0 Å². The number of aromatic amines is 2. The molecule has 8 nitrogen and oxygen atoms in total. The molecule has 3 N–H and O–H groups in total. The summed E-state index contributed by atoms with van der Waals surface area (Å²) in [4.78, 5) is 27.9. The Bertz CT molecular complexity index is 1210. The van der Waals surface area contributed by atoms with Gasteiger partial charge in [-0.2, -0.15) is 18.6 Å². The minimum Gasteiger partial charge on any atom is -0.388 e. The van der Waals surface area contributed by atoms with Gasteiger partial charge in [-0.25, -0.2) is 4.98 Å². The zero-order chi connectivity index (χ0) is 21.3. The number of H-pyrrole nitrogens is 2. The second-order valence-corrected chi connectivity index (χ2v) is 7.11. The monoisotopic (exact) mass is 425 g/mol. The summed E-state index contributed by atoms with van der Waals surface area (Å²) in [6.07, 6.45) is 3.47. The SMILES string of the molecule is CC.S.[B]C(Nc1c(-c2nc3cc(C)ncc3[nH]2)c(=O)[nH]c2cn(C)nc12)C(C)C. The van der Waals surface area contributed by atoms with Crippen molar-refractivity contribution in [1.29, 1.82) is 0 Å². The molecule has 0 aliphatic carbocycles. The maximum Gasteiger partial charge on any atom is 0.261 e. The van der Waals surface area contributed by atoms with Crippen LogP contribution in [0, 0.1) is 12.8 Å². The number of hydrogen-bond donors (Lipinski definition) is 3. The highest BCUT2D eigenvalue weighted by Crippen LogP contribution is 2.30. The van der Waals surface area contributed by atoms with Crippen LogP contribution in [0.5, 0.6) is 0 Å². The molecule has 4 aromatic heterocycles. The fourth-order valence-corrected chi connectivity index (χ4v) is 3.01. The lowest BCUT2D eigenvalue weighted by Gasteiger charge is -2.21. The lowest BCUT2D eigenvalue weighted by atomic mass is 9.85. The first kappa shape index (κ1) is 23.5. The van der Waals surface area contributed by atoms with Gasteiger partial charge in [-0.15, -0.1) is 0 Å². The van der Waals surface area contributed by atoms with Crippen molar-refractivity contribution in [2.75, 3.05) is 5.32 Å². The molecule has 0 bridgehead atoms. The standard InChI is InChI=1S/C18H20BN7O.C2H6.H2S/c1-8(2)16(19)24-15-13(18(27)23-12-7-26(4)25-14(12)15)17-21-10-5-9(3)20-6-11(10)22-17;1-2;/h5-8,16,24H,1-4H3,(H,21,22)(H,23,27);1-2H3;1H2. The van der Waals surface area contributed by atoms with Crippen LogP contribution in [-0.2, 0) is 7.05 Å². The van der Waals surface area contributed by atoms with Gasteiger partial charge in [0.1, 0.15) is 16.9 Å². The highest BCUT2D eigenvalue weighted by Gasteiger charge is 2.22. The number of hydrogen-bond acceptors (Lipinski definition) is 5. The minimum absolute atomic E-state index is 0. The maximum atomic E-state index is 12.9. The van der Waals surface area contributed by atoms with Crippen LogP contribution >= 0.6 is 13.5 Å². The molecular weight excluding hydrogens is 397 g/mol. The zero-order valence-electron chi connectivity index (χ0n) is 18.2. The molecule has 4 heterocycles. The molecule has 0 fully saturated rings. The average Bonchev–Trinajstić information content (AvgIpc) is 3.25. The molecule has 158 valence electrons. The maximum absolute atomic E-state index is 12.9. The number of fused-ring (bicyclic) bond motifs is 2. The predicted octanol–water partition coefficient (Wildman–Crippen LogP) is 3.21. The van der Waals surface area contributed by atoms with Gasteiger partial charge >= 0.3 is 0 Å². The van der Waals surface area contributed by atoms with E-state index in [2.05, 4.69) is 30.4 Å². The number of rotatable bonds is 4. The molecule has 0 aliphatic rings. The largest absolute Gasteiger partial charge is 0.388 e. The molecule has 1 atom stereocenters. The molecule has 4 aromatic rings. The van der Waals surface area contributed by atoms with Gasteiger partial charge in [0.2, 0.25) is 0 Å². The Balaban J connectivity index is 0.00000104. The van der Waals surface area contributed by atoms with Crippen LogP contribution in [0.25, 0.3) is 33.5 Å². The summed E-state index contributed by atoms with van der Waals surface area (Å²) in [6, 6.07) is 1.87. The van der Waals surface area contributed by atoms with Crippen LogP contribution in [0.1, 0.15) is 33.4 Å². The third-order valence-corrected chi connectivity index (χ3v) is 4.56. The van der Waals surface area contributed by atoms with E-state index in [1.54, 1.807) is 24.1 Å². The van der Waals surface area contributed by atoms with E-state index in [1.165, 1.54) is 0 Å². The number of aromatic nitrogens is 6. The van der Waals surface area contributed by atoms with E-state index in [-0.39, 0.29) is 30.9 Å².